The lowest BCUT2D eigenvalue weighted by molar-refractivity contribution is 0.0987. The van der Waals surface area contributed by atoms with Gasteiger partial charge in [0.05, 0.1) is 0 Å². The van der Waals surface area contributed by atoms with E-state index < -0.39 is 0 Å². The van der Waals surface area contributed by atoms with Crippen LogP contribution in [0.15, 0.2) is 46.3 Å². The van der Waals surface area contributed by atoms with Crippen LogP contribution >= 0.6 is 0 Å². The lowest BCUT2D eigenvalue weighted by Gasteiger charge is -2.16. The number of hydrogen-bond acceptors (Lipinski definition) is 5. The summed E-state index contributed by atoms with van der Waals surface area (Å²) in [6, 6.07) is 9.12. The van der Waals surface area contributed by atoms with E-state index in [-0.39, 0.29) is 23.0 Å². The van der Waals surface area contributed by atoms with Gasteiger partial charge in [0, 0.05) is 24.4 Å². The zero-order valence-electron chi connectivity index (χ0n) is 11.1. The van der Waals surface area contributed by atoms with Gasteiger partial charge < -0.3 is 15.8 Å². The molecule has 1 heterocycles. The second kappa shape index (κ2) is 5.87. The van der Waals surface area contributed by atoms with Crippen LogP contribution in [0.1, 0.15) is 16.1 Å². The second-order valence-electron chi connectivity index (χ2n) is 4.20. The van der Waals surface area contributed by atoms with E-state index in [0.29, 0.717) is 11.3 Å². The fraction of sp³-hybridized carbons (Fsp3) is 0.0769. The first-order valence-corrected chi connectivity index (χ1v) is 5.94. The molecule has 1 amide bonds. The number of nitrogens with one attached hydrogen (secondary N) is 1. The van der Waals surface area contributed by atoms with Gasteiger partial charge >= 0.3 is 0 Å². The van der Waals surface area contributed by atoms with Crippen LogP contribution in [-0.4, -0.2) is 34.2 Å². The second-order valence-corrected chi connectivity index (χ2v) is 4.20. The van der Waals surface area contributed by atoms with Gasteiger partial charge in [-0.2, -0.15) is 5.10 Å². The van der Waals surface area contributed by atoms with Crippen LogP contribution in [-0.2, 0) is 0 Å². The molecule has 0 atom stereocenters. The number of anilines is 1. The van der Waals surface area contributed by atoms with Gasteiger partial charge in [0.1, 0.15) is 5.69 Å². The quantitative estimate of drug-likeness (QED) is 0.320. The smallest absolute Gasteiger partial charge is 0.278 e. The van der Waals surface area contributed by atoms with Crippen LogP contribution in [0.2, 0.25) is 0 Å². The average molecular weight is 287 g/mol. The molecule has 1 aromatic carbocycles. The summed E-state index contributed by atoms with van der Waals surface area (Å²) in [6.45, 7) is 0. The summed E-state index contributed by atoms with van der Waals surface area (Å²) in [5.41, 5.74) is 6.34. The molecule has 2 rings (SSSR count). The Labute approximate surface area is 119 Å². The molecule has 2 aromatic rings. The molecule has 1 aromatic heterocycles. The summed E-state index contributed by atoms with van der Waals surface area (Å²) in [5, 5.41) is 17.4. The van der Waals surface area contributed by atoms with Crippen molar-refractivity contribution in [1.29, 1.82) is 0 Å². The van der Waals surface area contributed by atoms with E-state index in [1.165, 1.54) is 17.0 Å². The Balaban J connectivity index is 2.23. The maximum Gasteiger partial charge on any atom is 0.278 e. The molecule has 0 aliphatic heterocycles. The Kier molecular flexibility index (Phi) is 3.98. The summed E-state index contributed by atoms with van der Waals surface area (Å²) in [4.78, 5) is 24.5. The number of nitrogens with zero attached hydrogens (tertiary/aromatic N) is 3. The fourth-order valence-corrected chi connectivity index (χ4v) is 1.67. The van der Waals surface area contributed by atoms with E-state index in [1.807, 2.05) is 0 Å². The fourth-order valence-electron chi connectivity index (χ4n) is 1.67. The molecule has 4 N–H and O–H groups in total. The minimum Gasteiger partial charge on any atom is -0.409 e. The van der Waals surface area contributed by atoms with Crippen molar-refractivity contribution in [2.45, 2.75) is 0 Å². The van der Waals surface area contributed by atoms with Gasteiger partial charge in [0.15, 0.2) is 5.84 Å². The zero-order valence-corrected chi connectivity index (χ0v) is 11.1. The Hall–Kier alpha value is -3.16. The van der Waals surface area contributed by atoms with Gasteiger partial charge in [-0.15, -0.1) is 0 Å². The SMILES string of the molecule is CN(C(=O)c1ccc(=O)[nH]n1)c1ccc(/C(N)=N/O)cc1. The third-order valence-electron chi connectivity index (χ3n) is 2.86. The average Bonchev–Trinajstić information content (AvgIpc) is 2.53. The zero-order chi connectivity index (χ0) is 15.4. The number of amides is 1. The van der Waals surface area contributed by atoms with Crippen molar-refractivity contribution >= 4 is 17.4 Å². The van der Waals surface area contributed by atoms with Crippen LogP contribution in [0.5, 0.6) is 0 Å². The largest absolute Gasteiger partial charge is 0.409 e. The van der Waals surface area contributed by atoms with E-state index in [9.17, 15) is 9.59 Å². The molecule has 0 fully saturated rings. The van der Waals surface area contributed by atoms with E-state index in [4.69, 9.17) is 10.9 Å². The standard InChI is InChI=1S/C13H13N5O3/c1-18(13(20)10-6-7-11(19)16-15-10)9-4-2-8(3-5-9)12(14)17-21/h2-7,21H,1H3,(H2,14,17)(H,16,19). The molecule has 0 unspecified atom stereocenters. The van der Waals surface area contributed by atoms with Crippen LogP contribution < -0.4 is 16.2 Å². The molecule has 108 valence electrons. The molecule has 0 aliphatic rings. The van der Waals surface area contributed by atoms with Gasteiger partial charge in [-0.25, -0.2) is 5.10 Å². The molecule has 0 saturated carbocycles. The number of rotatable bonds is 3. The molecule has 0 bridgehead atoms. The van der Waals surface area contributed by atoms with Crippen molar-refractivity contribution in [3.8, 4) is 0 Å². The Morgan fingerprint density at radius 1 is 1.29 bits per heavy atom. The molecule has 21 heavy (non-hydrogen) atoms. The van der Waals surface area contributed by atoms with Crippen LogP contribution in [0, 0.1) is 0 Å². The molecule has 0 radical (unpaired) electrons. The van der Waals surface area contributed by atoms with Crippen molar-refractivity contribution in [1.82, 2.24) is 10.2 Å². The van der Waals surface area contributed by atoms with Crippen molar-refractivity contribution in [2.75, 3.05) is 11.9 Å². The van der Waals surface area contributed by atoms with Crippen molar-refractivity contribution in [3.63, 3.8) is 0 Å². The van der Waals surface area contributed by atoms with Gasteiger partial charge in [-0.3, -0.25) is 9.59 Å². The first kappa shape index (κ1) is 14.3. The third-order valence-corrected chi connectivity index (χ3v) is 2.86. The maximum atomic E-state index is 12.2. The first-order valence-electron chi connectivity index (χ1n) is 5.94. The predicted molar refractivity (Wildman–Crippen MR) is 76.5 cm³/mol. The maximum absolute atomic E-state index is 12.2. The number of carbonyl (C=O) groups excluding carboxylic acids is 1. The van der Waals surface area contributed by atoms with Crippen molar-refractivity contribution in [2.24, 2.45) is 10.9 Å². The van der Waals surface area contributed by atoms with Crippen LogP contribution in [0.25, 0.3) is 0 Å². The Morgan fingerprint density at radius 2 is 1.95 bits per heavy atom. The highest BCUT2D eigenvalue weighted by Crippen LogP contribution is 2.15. The van der Waals surface area contributed by atoms with Crippen molar-refractivity contribution in [3.05, 3.63) is 58.0 Å². The number of carbonyl (C=O) groups is 1. The number of hydrogen-bond donors (Lipinski definition) is 3. The minimum atomic E-state index is -0.377. The molecular weight excluding hydrogens is 274 g/mol. The molecule has 0 spiro atoms. The summed E-state index contributed by atoms with van der Waals surface area (Å²) < 4.78 is 0. The summed E-state index contributed by atoms with van der Waals surface area (Å²) in [6.07, 6.45) is 0. The van der Waals surface area contributed by atoms with Gasteiger partial charge in [0.25, 0.3) is 11.5 Å². The Bertz CT molecular complexity index is 716. The lowest BCUT2D eigenvalue weighted by Crippen LogP contribution is -2.28. The van der Waals surface area contributed by atoms with E-state index in [2.05, 4.69) is 15.4 Å². The molecule has 0 saturated heterocycles. The van der Waals surface area contributed by atoms with Crippen LogP contribution in [0.3, 0.4) is 0 Å². The predicted octanol–water partition coefficient (Wildman–Crippen LogP) is 0.141. The van der Waals surface area contributed by atoms with Gasteiger partial charge in [-0.05, 0) is 30.3 Å². The topological polar surface area (TPSA) is 125 Å². The molecule has 8 nitrogen and oxygen atoms in total. The number of nitrogens with two attached hydrogens (primary N) is 1. The number of benzene rings is 1. The highest BCUT2D eigenvalue weighted by Gasteiger charge is 2.15. The van der Waals surface area contributed by atoms with Gasteiger partial charge in [-0.1, -0.05) is 5.16 Å². The highest BCUT2D eigenvalue weighted by atomic mass is 16.4. The Morgan fingerprint density at radius 3 is 2.48 bits per heavy atom. The van der Waals surface area contributed by atoms with E-state index >= 15 is 0 Å². The summed E-state index contributed by atoms with van der Waals surface area (Å²) >= 11 is 0. The lowest BCUT2D eigenvalue weighted by atomic mass is 10.2. The highest BCUT2D eigenvalue weighted by molar-refractivity contribution is 6.04. The number of oxime groups is 1. The first-order chi connectivity index (χ1) is 10.0. The number of H-pyrrole nitrogens is 1. The molecule has 0 aliphatic carbocycles. The van der Waals surface area contributed by atoms with Crippen LogP contribution in [0.4, 0.5) is 5.69 Å². The minimum absolute atomic E-state index is 0.0159. The van der Waals surface area contributed by atoms with Crippen molar-refractivity contribution < 1.29 is 10.0 Å². The molecular formula is C13H13N5O3. The summed E-state index contributed by atoms with van der Waals surface area (Å²) in [5.74, 6) is -0.388. The van der Waals surface area contributed by atoms with E-state index in [0.717, 1.165) is 0 Å². The summed E-state index contributed by atoms with van der Waals surface area (Å²) in [7, 11) is 1.58. The number of amidine groups is 1. The molecule has 8 heteroatoms. The number of aromatic amines is 1. The van der Waals surface area contributed by atoms with E-state index in [1.54, 1.807) is 31.3 Å². The monoisotopic (exact) mass is 287 g/mol. The number of aromatic nitrogens is 2. The van der Waals surface area contributed by atoms with Gasteiger partial charge in [0.2, 0.25) is 0 Å². The normalized spacial score (nSPS) is 11.2. The third kappa shape index (κ3) is 3.06.